The minimum absolute atomic E-state index is 0.0346. The van der Waals surface area contributed by atoms with Crippen LogP contribution in [0.4, 0.5) is 0 Å². The number of rotatable bonds is 7. The van der Waals surface area contributed by atoms with E-state index >= 15 is 0 Å². The SMILES string of the molecule is CCOc1ccc(C(=O)NC2CCN(S(C)(=O)=O)CC2)cc1OCC. The van der Waals surface area contributed by atoms with Crippen LogP contribution >= 0.6 is 0 Å². The van der Waals surface area contributed by atoms with E-state index in [1.54, 1.807) is 18.2 Å². The molecule has 1 aromatic carbocycles. The zero-order chi connectivity index (χ0) is 18.4. The molecular weight excluding hydrogens is 344 g/mol. The third kappa shape index (κ3) is 5.34. The molecule has 1 fully saturated rings. The largest absolute Gasteiger partial charge is 0.490 e. The van der Waals surface area contributed by atoms with Crippen molar-refractivity contribution >= 4 is 15.9 Å². The molecule has 1 aliphatic rings. The zero-order valence-electron chi connectivity index (χ0n) is 14.9. The van der Waals surface area contributed by atoms with Crippen LogP contribution in [0, 0.1) is 0 Å². The molecule has 1 heterocycles. The molecule has 7 nitrogen and oxygen atoms in total. The van der Waals surface area contributed by atoms with E-state index in [0.29, 0.717) is 56.2 Å². The van der Waals surface area contributed by atoms with Gasteiger partial charge >= 0.3 is 0 Å². The highest BCUT2D eigenvalue weighted by Gasteiger charge is 2.26. The molecule has 1 amide bonds. The lowest BCUT2D eigenvalue weighted by molar-refractivity contribution is 0.0923. The van der Waals surface area contributed by atoms with Gasteiger partial charge in [0.05, 0.1) is 19.5 Å². The van der Waals surface area contributed by atoms with Crippen molar-refractivity contribution in [3.8, 4) is 11.5 Å². The second kappa shape index (κ2) is 8.53. The molecule has 0 atom stereocenters. The summed E-state index contributed by atoms with van der Waals surface area (Å²) < 4.78 is 35.6. The Morgan fingerprint density at radius 2 is 1.76 bits per heavy atom. The Kier molecular flexibility index (Phi) is 6.66. The zero-order valence-corrected chi connectivity index (χ0v) is 15.8. The topological polar surface area (TPSA) is 84.9 Å². The molecule has 0 radical (unpaired) electrons. The Morgan fingerprint density at radius 3 is 2.32 bits per heavy atom. The summed E-state index contributed by atoms with van der Waals surface area (Å²) in [7, 11) is -3.16. The van der Waals surface area contributed by atoms with Crippen LogP contribution < -0.4 is 14.8 Å². The van der Waals surface area contributed by atoms with Crippen LogP contribution in [0.5, 0.6) is 11.5 Å². The summed E-state index contributed by atoms with van der Waals surface area (Å²) in [6.07, 6.45) is 2.42. The van der Waals surface area contributed by atoms with Crippen molar-refractivity contribution in [3.05, 3.63) is 23.8 Å². The normalized spacial score (nSPS) is 16.4. The fraction of sp³-hybridized carbons (Fsp3) is 0.588. The number of sulfonamides is 1. The molecule has 0 aromatic heterocycles. The lowest BCUT2D eigenvalue weighted by Gasteiger charge is -2.30. The number of hydrogen-bond donors (Lipinski definition) is 1. The first-order valence-corrected chi connectivity index (χ1v) is 10.4. The van der Waals surface area contributed by atoms with E-state index in [1.807, 2.05) is 13.8 Å². The van der Waals surface area contributed by atoms with Gasteiger partial charge in [0.15, 0.2) is 11.5 Å². The molecular formula is C17H26N2O5S. The van der Waals surface area contributed by atoms with Crippen LogP contribution in [0.1, 0.15) is 37.0 Å². The third-order valence-corrected chi connectivity index (χ3v) is 5.37. The van der Waals surface area contributed by atoms with Gasteiger partial charge in [-0.2, -0.15) is 0 Å². The third-order valence-electron chi connectivity index (χ3n) is 4.06. The van der Waals surface area contributed by atoms with E-state index in [2.05, 4.69) is 5.32 Å². The summed E-state index contributed by atoms with van der Waals surface area (Å²) in [4.78, 5) is 12.5. The molecule has 0 unspecified atom stereocenters. The van der Waals surface area contributed by atoms with Crippen molar-refractivity contribution in [1.82, 2.24) is 9.62 Å². The minimum Gasteiger partial charge on any atom is -0.490 e. The van der Waals surface area contributed by atoms with Crippen LogP contribution in [0.3, 0.4) is 0 Å². The Morgan fingerprint density at radius 1 is 1.16 bits per heavy atom. The molecule has 1 aliphatic heterocycles. The second-order valence-corrected chi connectivity index (χ2v) is 7.92. The maximum atomic E-state index is 12.5. The van der Waals surface area contributed by atoms with Crippen LogP contribution in [-0.2, 0) is 10.0 Å². The quantitative estimate of drug-likeness (QED) is 0.789. The van der Waals surface area contributed by atoms with Gasteiger partial charge in [-0.05, 0) is 44.9 Å². The fourth-order valence-corrected chi connectivity index (χ4v) is 3.67. The number of nitrogens with zero attached hydrogens (tertiary/aromatic N) is 1. The molecule has 0 spiro atoms. The van der Waals surface area contributed by atoms with Crippen molar-refractivity contribution in [2.45, 2.75) is 32.7 Å². The van der Waals surface area contributed by atoms with Gasteiger partial charge in [0.1, 0.15) is 0 Å². The van der Waals surface area contributed by atoms with Gasteiger partial charge in [-0.15, -0.1) is 0 Å². The van der Waals surface area contributed by atoms with Crippen molar-refractivity contribution in [2.75, 3.05) is 32.6 Å². The van der Waals surface area contributed by atoms with Crippen molar-refractivity contribution in [3.63, 3.8) is 0 Å². The molecule has 140 valence electrons. The van der Waals surface area contributed by atoms with Gasteiger partial charge in [0.25, 0.3) is 5.91 Å². The van der Waals surface area contributed by atoms with Gasteiger partial charge in [0.2, 0.25) is 10.0 Å². The van der Waals surface area contributed by atoms with Crippen molar-refractivity contribution in [1.29, 1.82) is 0 Å². The number of hydrogen-bond acceptors (Lipinski definition) is 5. The van der Waals surface area contributed by atoms with Crippen molar-refractivity contribution < 1.29 is 22.7 Å². The predicted octanol–water partition coefficient (Wildman–Crippen LogP) is 1.64. The van der Waals surface area contributed by atoms with E-state index in [0.717, 1.165) is 0 Å². The van der Waals surface area contributed by atoms with Gasteiger partial charge in [-0.3, -0.25) is 4.79 Å². The molecule has 0 bridgehead atoms. The van der Waals surface area contributed by atoms with Crippen molar-refractivity contribution in [2.24, 2.45) is 0 Å². The number of benzene rings is 1. The summed E-state index contributed by atoms with van der Waals surface area (Å²) in [5, 5.41) is 2.97. The highest BCUT2D eigenvalue weighted by atomic mass is 32.2. The molecule has 8 heteroatoms. The molecule has 0 aliphatic carbocycles. The van der Waals surface area contributed by atoms with Crippen LogP contribution in [0.2, 0.25) is 0 Å². The summed E-state index contributed by atoms with van der Waals surface area (Å²) in [6.45, 7) is 5.62. The summed E-state index contributed by atoms with van der Waals surface area (Å²) in [5.41, 5.74) is 0.498. The smallest absolute Gasteiger partial charge is 0.251 e. The Bertz CT molecular complexity index is 697. The molecule has 25 heavy (non-hydrogen) atoms. The molecule has 0 saturated carbocycles. The lowest BCUT2D eigenvalue weighted by Crippen LogP contribution is -2.46. The average Bonchev–Trinajstić information content (AvgIpc) is 2.56. The number of amides is 1. The highest BCUT2D eigenvalue weighted by molar-refractivity contribution is 7.88. The number of piperidine rings is 1. The average molecular weight is 370 g/mol. The summed E-state index contributed by atoms with van der Waals surface area (Å²) >= 11 is 0. The molecule has 1 saturated heterocycles. The number of ether oxygens (including phenoxy) is 2. The predicted molar refractivity (Wildman–Crippen MR) is 95.7 cm³/mol. The molecule has 1 N–H and O–H groups in total. The maximum absolute atomic E-state index is 12.5. The number of carbonyl (C=O) groups excluding carboxylic acids is 1. The monoisotopic (exact) mass is 370 g/mol. The Balaban J connectivity index is 2.00. The van der Waals surface area contributed by atoms with E-state index in [-0.39, 0.29) is 11.9 Å². The van der Waals surface area contributed by atoms with E-state index in [9.17, 15) is 13.2 Å². The minimum atomic E-state index is -3.16. The second-order valence-electron chi connectivity index (χ2n) is 5.94. The summed E-state index contributed by atoms with van der Waals surface area (Å²) in [6, 6.07) is 5.08. The number of carbonyl (C=O) groups is 1. The first-order chi connectivity index (χ1) is 11.8. The number of nitrogens with one attached hydrogen (secondary N) is 1. The van der Waals surface area contributed by atoms with Crippen LogP contribution in [-0.4, -0.2) is 57.2 Å². The van der Waals surface area contributed by atoms with E-state index in [1.165, 1.54) is 10.6 Å². The van der Waals surface area contributed by atoms with Gasteiger partial charge < -0.3 is 14.8 Å². The standard InChI is InChI=1S/C17H26N2O5S/c1-4-23-15-7-6-13(12-16(15)24-5-2)17(20)18-14-8-10-19(11-9-14)25(3,21)22/h6-7,12,14H,4-5,8-11H2,1-3H3,(H,18,20). The molecule has 2 rings (SSSR count). The van der Waals surface area contributed by atoms with E-state index in [4.69, 9.17) is 9.47 Å². The Hall–Kier alpha value is -1.80. The maximum Gasteiger partial charge on any atom is 0.251 e. The van der Waals surface area contributed by atoms with Gasteiger partial charge in [0, 0.05) is 24.7 Å². The lowest BCUT2D eigenvalue weighted by atomic mass is 10.1. The van der Waals surface area contributed by atoms with Gasteiger partial charge in [-0.25, -0.2) is 12.7 Å². The first kappa shape index (κ1) is 19.5. The van der Waals surface area contributed by atoms with Crippen LogP contribution in [0.25, 0.3) is 0 Å². The summed E-state index contributed by atoms with van der Waals surface area (Å²) in [5.74, 6) is 0.966. The molecule has 1 aromatic rings. The Labute approximate surface area is 149 Å². The first-order valence-electron chi connectivity index (χ1n) is 8.50. The fourth-order valence-electron chi connectivity index (χ4n) is 2.79. The van der Waals surface area contributed by atoms with Gasteiger partial charge in [-0.1, -0.05) is 0 Å². The van der Waals surface area contributed by atoms with E-state index < -0.39 is 10.0 Å². The highest BCUT2D eigenvalue weighted by Crippen LogP contribution is 2.28. The van der Waals surface area contributed by atoms with Crippen LogP contribution in [0.15, 0.2) is 18.2 Å².